The molecule has 1 unspecified atom stereocenters. The Balaban J connectivity index is 2.29. The maximum atomic E-state index is 9.02. The van der Waals surface area contributed by atoms with Crippen molar-refractivity contribution in [3.05, 3.63) is 0 Å². The monoisotopic (exact) mass is 175 g/mol. The summed E-state index contributed by atoms with van der Waals surface area (Å²) in [7, 11) is 0. The molecule has 0 aromatic rings. The topological polar surface area (TPSA) is 52.9 Å². The lowest BCUT2D eigenvalue weighted by atomic mass is 10.2. The highest BCUT2D eigenvalue weighted by Gasteiger charge is 2.19. The lowest BCUT2D eigenvalue weighted by molar-refractivity contribution is -0.00268. The quantitative estimate of drug-likeness (QED) is 0.579. The van der Waals surface area contributed by atoms with E-state index in [2.05, 4.69) is 4.90 Å². The Morgan fingerprint density at radius 1 is 1.25 bits per heavy atom. The van der Waals surface area contributed by atoms with Crippen molar-refractivity contribution < 1.29 is 14.9 Å². The molecule has 0 spiro atoms. The number of morpholine rings is 1. The minimum Gasteiger partial charge on any atom is -0.396 e. The smallest absolute Gasteiger partial charge is 0.0594 e. The van der Waals surface area contributed by atoms with Crippen LogP contribution >= 0.6 is 0 Å². The van der Waals surface area contributed by atoms with Gasteiger partial charge in [0.05, 0.1) is 19.8 Å². The zero-order valence-electron chi connectivity index (χ0n) is 7.28. The number of hydrogen-bond donors (Lipinski definition) is 2. The third-order valence-corrected chi connectivity index (χ3v) is 2.24. The number of ether oxygens (including phenoxy) is 1. The second-order valence-electron chi connectivity index (χ2n) is 3.00. The predicted octanol–water partition coefficient (Wildman–Crippen LogP) is -0.938. The first-order valence-corrected chi connectivity index (χ1v) is 4.42. The van der Waals surface area contributed by atoms with Gasteiger partial charge in [-0.1, -0.05) is 0 Å². The third-order valence-electron chi connectivity index (χ3n) is 2.24. The van der Waals surface area contributed by atoms with Crippen molar-refractivity contribution in [3.8, 4) is 0 Å². The maximum Gasteiger partial charge on any atom is 0.0594 e. The molecular formula is C8H17NO3. The van der Waals surface area contributed by atoms with Crippen LogP contribution in [0.3, 0.4) is 0 Å². The van der Waals surface area contributed by atoms with Crippen LogP contribution in [0.2, 0.25) is 0 Å². The van der Waals surface area contributed by atoms with Crippen molar-refractivity contribution >= 4 is 0 Å². The molecule has 0 bridgehead atoms. The van der Waals surface area contributed by atoms with Gasteiger partial charge in [0, 0.05) is 25.7 Å². The fraction of sp³-hybridized carbons (Fsp3) is 1.00. The highest BCUT2D eigenvalue weighted by molar-refractivity contribution is 4.72. The van der Waals surface area contributed by atoms with Gasteiger partial charge < -0.3 is 14.9 Å². The van der Waals surface area contributed by atoms with Gasteiger partial charge in [0.25, 0.3) is 0 Å². The molecule has 0 aromatic heterocycles. The van der Waals surface area contributed by atoms with Crippen LogP contribution in [0.4, 0.5) is 0 Å². The molecule has 1 aliphatic heterocycles. The van der Waals surface area contributed by atoms with Crippen LogP contribution in [0.15, 0.2) is 0 Å². The summed E-state index contributed by atoms with van der Waals surface area (Å²) in [5.74, 6) is 0. The molecule has 0 saturated carbocycles. The van der Waals surface area contributed by atoms with Gasteiger partial charge in [-0.05, 0) is 6.42 Å². The average Bonchev–Trinajstić information content (AvgIpc) is 2.15. The first-order valence-electron chi connectivity index (χ1n) is 4.42. The molecule has 0 radical (unpaired) electrons. The largest absolute Gasteiger partial charge is 0.396 e. The summed E-state index contributed by atoms with van der Waals surface area (Å²) >= 11 is 0. The van der Waals surface area contributed by atoms with Crippen molar-refractivity contribution in [1.82, 2.24) is 4.90 Å². The number of rotatable bonds is 4. The van der Waals surface area contributed by atoms with E-state index >= 15 is 0 Å². The van der Waals surface area contributed by atoms with E-state index in [1.54, 1.807) is 0 Å². The van der Waals surface area contributed by atoms with Crippen LogP contribution < -0.4 is 0 Å². The van der Waals surface area contributed by atoms with E-state index in [4.69, 9.17) is 14.9 Å². The van der Waals surface area contributed by atoms with Gasteiger partial charge in [0.2, 0.25) is 0 Å². The zero-order valence-corrected chi connectivity index (χ0v) is 7.28. The lowest BCUT2D eigenvalue weighted by Gasteiger charge is -2.32. The van der Waals surface area contributed by atoms with Crippen LogP contribution in [0.1, 0.15) is 6.42 Å². The number of hydrogen-bond acceptors (Lipinski definition) is 4. The molecule has 1 saturated heterocycles. The van der Waals surface area contributed by atoms with E-state index < -0.39 is 0 Å². The van der Waals surface area contributed by atoms with Gasteiger partial charge in [0.1, 0.15) is 0 Å². The molecule has 0 aliphatic carbocycles. The fourth-order valence-corrected chi connectivity index (χ4v) is 1.48. The average molecular weight is 175 g/mol. The van der Waals surface area contributed by atoms with E-state index in [0.29, 0.717) is 6.42 Å². The standard InChI is InChI=1S/C8H17NO3/c10-4-1-8(7-11)9-2-5-12-6-3-9/h8,10-11H,1-7H2. The van der Waals surface area contributed by atoms with E-state index in [1.807, 2.05) is 0 Å². The summed E-state index contributed by atoms with van der Waals surface area (Å²) in [5.41, 5.74) is 0. The summed E-state index contributed by atoms with van der Waals surface area (Å²) in [6.45, 7) is 3.48. The summed E-state index contributed by atoms with van der Waals surface area (Å²) in [6, 6.07) is 0.110. The van der Waals surface area contributed by atoms with Crippen molar-refractivity contribution in [3.63, 3.8) is 0 Å². The van der Waals surface area contributed by atoms with Crippen LogP contribution in [-0.2, 0) is 4.74 Å². The normalized spacial score (nSPS) is 22.5. The van der Waals surface area contributed by atoms with Crippen molar-refractivity contribution in [1.29, 1.82) is 0 Å². The second kappa shape index (κ2) is 5.48. The third kappa shape index (κ3) is 2.71. The van der Waals surface area contributed by atoms with Gasteiger partial charge >= 0.3 is 0 Å². The molecule has 0 aromatic carbocycles. The van der Waals surface area contributed by atoms with Crippen LogP contribution in [-0.4, -0.2) is 60.7 Å². The van der Waals surface area contributed by atoms with E-state index in [0.717, 1.165) is 26.3 Å². The molecule has 1 aliphatic rings. The van der Waals surface area contributed by atoms with Gasteiger partial charge in [-0.2, -0.15) is 0 Å². The van der Waals surface area contributed by atoms with Gasteiger partial charge in [-0.25, -0.2) is 0 Å². The summed E-state index contributed by atoms with van der Waals surface area (Å²) in [6.07, 6.45) is 0.649. The summed E-state index contributed by atoms with van der Waals surface area (Å²) in [4.78, 5) is 2.17. The van der Waals surface area contributed by atoms with Gasteiger partial charge in [-0.3, -0.25) is 4.90 Å². The summed E-state index contributed by atoms with van der Waals surface area (Å²) in [5, 5.41) is 17.7. The predicted molar refractivity (Wildman–Crippen MR) is 45.0 cm³/mol. The Morgan fingerprint density at radius 2 is 1.92 bits per heavy atom. The molecule has 2 N–H and O–H groups in total. The van der Waals surface area contributed by atoms with E-state index in [1.165, 1.54) is 0 Å². The highest BCUT2D eigenvalue weighted by atomic mass is 16.5. The molecule has 1 fully saturated rings. The Morgan fingerprint density at radius 3 is 2.42 bits per heavy atom. The molecule has 72 valence electrons. The number of aliphatic hydroxyl groups excluding tert-OH is 2. The first-order chi connectivity index (χ1) is 5.88. The van der Waals surface area contributed by atoms with E-state index in [-0.39, 0.29) is 19.3 Å². The molecule has 1 heterocycles. The molecule has 1 atom stereocenters. The first kappa shape index (κ1) is 9.92. The van der Waals surface area contributed by atoms with Crippen molar-refractivity contribution in [2.75, 3.05) is 39.5 Å². The Bertz CT molecular complexity index is 112. The second-order valence-corrected chi connectivity index (χ2v) is 3.00. The van der Waals surface area contributed by atoms with Gasteiger partial charge in [-0.15, -0.1) is 0 Å². The fourth-order valence-electron chi connectivity index (χ4n) is 1.48. The molecule has 4 heteroatoms. The molecule has 4 nitrogen and oxygen atoms in total. The van der Waals surface area contributed by atoms with Crippen LogP contribution in [0.25, 0.3) is 0 Å². The number of aliphatic hydroxyl groups is 2. The SMILES string of the molecule is OCCC(CO)N1CCOCC1. The van der Waals surface area contributed by atoms with Crippen LogP contribution in [0, 0.1) is 0 Å². The molecule has 1 rings (SSSR count). The van der Waals surface area contributed by atoms with Crippen molar-refractivity contribution in [2.45, 2.75) is 12.5 Å². The maximum absolute atomic E-state index is 9.02. The van der Waals surface area contributed by atoms with Crippen LogP contribution in [0.5, 0.6) is 0 Å². The lowest BCUT2D eigenvalue weighted by Crippen LogP contribution is -2.45. The minimum absolute atomic E-state index is 0.110. The van der Waals surface area contributed by atoms with Crippen molar-refractivity contribution in [2.24, 2.45) is 0 Å². The Hall–Kier alpha value is -0.160. The number of nitrogens with zero attached hydrogens (tertiary/aromatic N) is 1. The highest BCUT2D eigenvalue weighted by Crippen LogP contribution is 2.06. The van der Waals surface area contributed by atoms with Gasteiger partial charge in [0.15, 0.2) is 0 Å². The Labute approximate surface area is 72.7 Å². The Kier molecular flexibility index (Phi) is 4.53. The molecular weight excluding hydrogens is 158 g/mol. The molecule has 0 amide bonds. The zero-order chi connectivity index (χ0) is 8.81. The summed E-state index contributed by atoms with van der Waals surface area (Å²) < 4.78 is 5.19. The van der Waals surface area contributed by atoms with E-state index in [9.17, 15) is 0 Å². The minimum atomic E-state index is 0.110. The molecule has 12 heavy (non-hydrogen) atoms.